The summed E-state index contributed by atoms with van der Waals surface area (Å²) in [6.07, 6.45) is 1.19. The number of rotatable bonds is 5. The van der Waals surface area contributed by atoms with Gasteiger partial charge < -0.3 is 15.5 Å². The number of nitrogens with zero attached hydrogens (tertiary/aromatic N) is 1. The van der Waals surface area contributed by atoms with Gasteiger partial charge in [0.2, 0.25) is 5.91 Å². The Hall–Kier alpha value is -3.93. The molecular formula is C34H38FN3O2. The van der Waals surface area contributed by atoms with E-state index in [2.05, 4.69) is 69.5 Å². The first-order valence-corrected chi connectivity index (χ1v) is 13.9. The predicted molar refractivity (Wildman–Crippen MR) is 159 cm³/mol. The first kappa shape index (κ1) is 27.6. The first-order chi connectivity index (χ1) is 18.9. The maximum Gasteiger partial charge on any atom is 0.239 e. The van der Waals surface area contributed by atoms with Gasteiger partial charge in [0.1, 0.15) is 5.82 Å². The van der Waals surface area contributed by atoms with Crippen LogP contribution in [-0.2, 0) is 21.5 Å². The second-order valence-corrected chi connectivity index (χ2v) is 12.8. The highest BCUT2D eigenvalue weighted by molar-refractivity contribution is 6.01. The van der Waals surface area contributed by atoms with Crippen LogP contribution >= 0.6 is 0 Å². The van der Waals surface area contributed by atoms with Gasteiger partial charge in [-0.05, 0) is 58.2 Å². The van der Waals surface area contributed by atoms with Crippen LogP contribution in [0.15, 0.2) is 84.1 Å². The van der Waals surface area contributed by atoms with Crippen molar-refractivity contribution in [2.75, 3.05) is 16.8 Å². The van der Waals surface area contributed by atoms with E-state index in [0.29, 0.717) is 13.0 Å². The van der Waals surface area contributed by atoms with Gasteiger partial charge in [0, 0.05) is 24.2 Å². The molecule has 1 aliphatic heterocycles. The summed E-state index contributed by atoms with van der Waals surface area (Å²) in [5.74, 6) is -0.385. The Kier molecular flexibility index (Phi) is 7.30. The summed E-state index contributed by atoms with van der Waals surface area (Å²) in [4.78, 5) is 29.4. The molecule has 0 spiro atoms. The first-order valence-electron chi connectivity index (χ1n) is 13.9. The van der Waals surface area contributed by atoms with E-state index in [0.717, 1.165) is 40.2 Å². The van der Waals surface area contributed by atoms with Gasteiger partial charge in [0.25, 0.3) is 0 Å². The maximum atomic E-state index is 13.9. The lowest BCUT2D eigenvalue weighted by molar-refractivity contribution is -0.120. The number of carbonyl (C=O) groups excluding carboxylic acids is 2. The molecule has 3 aromatic carbocycles. The zero-order valence-electron chi connectivity index (χ0n) is 24.0. The summed E-state index contributed by atoms with van der Waals surface area (Å²) in [5.41, 5.74) is 6.21. The van der Waals surface area contributed by atoms with Crippen molar-refractivity contribution in [1.29, 1.82) is 0 Å². The van der Waals surface area contributed by atoms with Gasteiger partial charge in [-0.1, -0.05) is 83.1 Å². The topological polar surface area (TPSA) is 61.4 Å². The number of amides is 1. The standard InChI is InChI=1S/C34H38FN3O2/c1-33(2,3)24-14-12-23(13-15-24)32-31-27(18-34(4,5)19-29(31)39)37-26-8-6-7-9-28(26)38(32)21-30(40)36-20-22-10-16-25(35)17-11-22/h6-17,32,37H,18-21H2,1-5H3,(H,36,40). The molecule has 6 heteroatoms. The number of nitrogens with one attached hydrogen (secondary N) is 2. The Labute approximate surface area is 236 Å². The molecule has 2 aliphatic rings. The number of benzene rings is 3. The molecule has 5 rings (SSSR count). The second kappa shape index (κ2) is 10.6. The largest absolute Gasteiger partial charge is 0.357 e. The Morgan fingerprint density at radius 3 is 2.35 bits per heavy atom. The summed E-state index contributed by atoms with van der Waals surface area (Å²) >= 11 is 0. The highest BCUT2D eigenvalue weighted by Crippen LogP contribution is 2.48. The molecule has 1 unspecified atom stereocenters. The Morgan fingerprint density at radius 2 is 1.68 bits per heavy atom. The number of hydrogen-bond donors (Lipinski definition) is 2. The lowest BCUT2D eigenvalue weighted by atomic mass is 9.73. The number of fused-ring (bicyclic) bond motifs is 1. The molecule has 0 fully saturated rings. The minimum absolute atomic E-state index is 0.00875. The molecule has 0 aromatic heterocycles. The fourth-order valence-corrected chi connectivity index (χ4v) is 5.75. The van der Waals surface area contributed by atoms with E-state index < -0.39 is 6.04 Å². The van der Waals surface area contributed by atoms with Crippen molar-refractivity contribution >= 4 is 23.1 Å². The molecule has 5 nitrogen and oxygen atoms in total. The van der Waals surface area contributed by atoms with Crippen molar-refractivity contribution < 1.29 is 14.0 Å². The van der Waals surface area contributed by atoms with E-state index >= 15 is 0 Å². The van der Waals surface area contributed by atoms with Crippen molar-refractivity contribution in [3.8, 4) is 0 Å². The molecule has 0 radical (unpaired) electrons. The lowest BCUT2D eigenvalue weighted by Crippen LogP contribution is -2.42. The average molecular weight is 540 g/mol. The number of anilines is 2. The highest BCUT2D eigenvalue weighted by Gasteiger charge is 2.42. The van der Waals surface area contributed by atoms with Crippen LogP contribution in [0.1, 0.15) is 70.2 Å². The fourth-order valence-electron chi connectivity index (χ4n) is 5.75. The van der Waals surface area contributed by atoms with E-state index in [1.54, 1.807) is 12.1 Å². The zero-order chi connectivity index (χ0) is 28.7. The van der Waals surface area contributed by atoms with Gasteiger partial charge in [0.05, 0.1) is 24.0 Å². The molecule has 0 saturated heterocycles. The van der Waals surface area contributed by atoms with Gasteiger partial charge in [-0.25, -0.2) is 4.39 Å². The molecule has 208 valence electrons. The lowest BCUT2D eigenvalue weighted by Gasteiger charge is -2.38. The van der Waals surface area contributed by atoms with Crippen LogP contribution < -0.4 is 15.5 Å². The van der Waals surface area contributed by atoms with Crippen molar-refractivity contribution in [1.82, 2.24) is 5.32 Å². The van der Waals surface area contributed by atoms with Crippen LogP contribution in [0.2, 0.25) is 0 Å². The third-order valence-corrected chi connectivity index (χ3v) is 7.81. The maximum absolute atomic E-state index is 13.9. The number of halogens is 1. The summed E-state index contributed by atoms with van der Waals surface area (Å²) in [7, 11) is 0. The van der Waals surface area contributed by atoms with Crippen LogP contribution in [0, 0.1) is 11.2 Å². The van der Waals surface area contributed by atoms with Crippen molar-refractivity contribution in [2.24, 2.45) is 5.41 Å². The monoisotopic (exact) mass is 539 g/mol. The second-order valence-electron chi connectivity index (χ2n) is 12.8. The van der Waals surface area contributed by atoms with Crippen molar-refractivity contribution in [2.45, 2.75) is 65.5 Å². The molecule has 1 amide bonds. The summed E-state index contributed by atoms with van der Waals surface area (Å²) < 4.78 is 13.4. The minimum atomic E-state index is -0.430. The van der Waals surface area contributed by atoms with Crippen LogP contribution in [0.4, 0.5) is 15.8 Å². The summed E-state index contributed by atoms with van der Waals surface area (Å²) in [6, 6.07) is 22.1. The Morgan fingerprint density at radius 1 is 1.00 bits per heavy atom. The Bertz CT molecular complexity index is 1450. The van der Waals surface area contributed by atoms with Crippen LogP contribution in [0.5, 0.6) is 0 Å². The smallest absolute Gasteiger partial charge is 0.239 e. The molecule has 3 aromatic rings. The number of Topliss-reactive ketones (excluding diaryl/α,β-unsaturated/α-hetero) is 1. The quantitative estimate of drug-likeness (QED) is 0.365. The SMILES string of the molecule is CC1(C)CC(=O)C2=C(C1)Nc1ccccc1N(CC(=O)NCc1ccc(F)cc1)C2c1ccc(C(C)(C)C)cc1. The summed E-state index contributed by atoms with van der Waals surface area (Å²) in [6.45, 7) is 11.1. The van der Waals surface area contributed by atoms with Crippen LogP contribution in [0.25, 0.3) is 0 Å². The van der Waals surface area contributed by atoms with Crippen molar-refractivity contribution in [3.63, 3.8) is 0 Å². The van der Waals surface area contributed by atoms with E-state index in [1.807, 2.05) is 29.2 Å². The number of hydrogen-bond acceptors (Lipinski definition) is 4. The molecule has 1 atom stereocenters. The molecule has 40 heavy (non-hydrogen) atoms. The van der Waals surface area contributed by atoms with Crippen LogP contribution in [0.3, 0.4) is 0 Å². The molecule has 2 N–H and O–H groups in total. The van der Waals surface area contributed by atoms with E-state index in [1.165, 1.54) is 17.7 Å². The number of ketones is 1. The molecule has 0 bridgehead atoms. The van der Waals surface area contributed by atoms with E-state index in [-0.39, 0.29) is 34.9 Å². The molecule has 0 saturated carbocycles. The van der Waals surface area contributed by atoms with Gasteiger partial charge in [-0.2, -0.15) is 0 Å². The number of allylic oxidation sites excluding steroid dienone is 1. The number of carbonyl (C=O) groups is 2. The third-order valence-electron chi connectivity index (χ3n) is 7.81. The zero-order valence-corrected chi connectivity index (χ0v) is 24.0. The molecule has 1 aliphatic carbocycles. The van der Waals surface area contributed by atoms with Crippen molar-refractivity contribution in [3.05, 3.63) is 107 Å². The number of para-hydroxylation sites is 2. The summed E-state index contributed by atoms with van der Waals surface area (Å²) in [5, 5.41) is 6.59. The van der Waals surface area contributed by atoms with E-state index in [4.69, 9.17) is 0 Å². The van der Waals surface area contributed by atoms with Crippen LogP contribution in [-0.4, -0.2) is 18.2 Å². The normalized spacial score (nSPS) is 18.4. The van der Waals surface area contributed by atoms with Gasteiger partial charge in [-0.3, -0.25) is 9.59 Å². The van der Waals surface area contributed by atoms with Gasteiger partial charge in [-0.15, -0.1) is 0 Å². The third kappa shape index (κ3) is 5.81. The van der Waals surface area contributed by atoms with E-state index in [9.17, 15) is 14.0 Å². The average Bonchev–Trinajstić information content (AvgIpc) is 3.02. The highest BCUT2D eigenvalue weighted by atomic mass is 19.1. The van der Waals surface area contributed by atoms with Gasteiger partial charge >= 0.3 is 0 Å². The molecule has 1 heterocycles. The Balaban J connectivity index is 1.57. The fraction of sp³-hybridized carbons (Fsp3) is 0.353. The predicted octanol–water partition coefficient (Wildman–Crippen LogP) is 7.06. The van der Waals surface area contributed by atoms with Gasteiger partial charge in [0.15, 0.2) is 5.78 Å². The minimum Gasteiger partial charge on any atom is -0.357 e. The molecular weight excluding hydrogens is 501 g/mol.